The standard InChI is InChI=1S/C5H8N2O/c1-2-3-4-6-5-7-8/h4H,2-3H2,1H3. The molecule has 0 radical (unpaired) electrons. The van der Waals surface area contributed by atoms with Crippen LogP contribution in [0.25, 0.3) is 5.01 Å². The molecule has 0 aromatic heterocycles. The smallest absolute Gasteiger partial charge is 0.433 e. The second kappa shape index (κ2) is 5.96. The predicted octanol–water partition coefficient (Wildman–Crippen LogP) is 1.65. The number of hydrogen-bond donors (Lipinski definition) is 0. The Balaban J connectivity index is 3.16. The molecule has 0 spiro atoms. The first-order valence-corrected chi connectivity index (χ1v) is 2.50. The summed E-state index contributed by atoms with van der Waals surface area (Å²) in [6.45, 7) is 2.03. The van der Waals surface area contributed by atoms with Crippen molar-refractivity contribution < 1.29 is 0 Å². The summed E-state index contributed by atoms with van der Waals surface area (Å²) >= 11 is 0. The van der Waals surface area contributed by atoms with E-state index in [9.17, 15) is 5.21 Å². The first kappa shape index (κ1) is 6.96. The van der Waals surface area contributed by atoms with Gasteiger partial charge in [-0.2, -0.15) is 5.01 Å². The van der Waals surface area contributed by atoms with Crippen molar-refractivity contribution >= 4 is 6.21 Å². The number of nitrogens with zero attached hydrogens (tertiary/aromatic N) is 2. The van der Waals surface area contributed by atoms with E-state index in [1.807, 2.05) is 13.1 Å². The van der Waals surface area contributed by atoms with E-state index in [1.165, 1.54) is 0 Å². The zero-order chi connectivity index (χ0) is 6.24. The zero-order valence-electron chi connectivity index (χ0n) is 4.79. The van der Waals surface area contributed by atoms with Crippen molar-refractivity contribution in [3.8, 4) is 6.19 Å². The summed E-state index contributed by atoms with van der Waals surface area (Å²) in [5, 5.41) is 11.6. The molecule has 0 amide bonds. The Hall–Kier alpha value is -1.04. The quantitative estimate of drug-likeness (QED) is 0.304. The lowest BCUT2D eigenvalue weighted by Gasteiger charge is -1.70. The van der Waals surface area contributed by atoms with Gasteiger partial charge in [0.25, 0.3) is 0 Å². The summed E-state index contributed by atoms with van der Waals surface area (Å²) in [4.78, 5) is 3.43. The van der Waals surface area contributed by atoms with Gasteiger partial charge in [0.05, 0.1) is 0 Å². The Morgan fingerprint density at radius 3 is 3.12 bits per heavy atom. The van der Waals surface area contributed by atoms with Crippen LogP contribution in [-0.2, 0) is 0 Å². The van der Waals surface area contributed by atoms with Crippen molar-refractivity contribution in [2.45, 2.75) is 19.8 Å². The highest BCUT2D eigenvalue weighted by molar-refractivity contribution is 5.58. The van der Waals surface area contributed by atoms with Gasteiger partial charge in [-0.15, -0.1) is 0 Å². The molecule has 0 bridgehead atoms. The van der Waals surface area contributed by atoms with Crippen molar-refractivity contribution in [3.05, 3.63) is 10.2 Å². The number of unbranched alkanes of at least 4 members (excludes halogenated alkanes) is 1. The molecule has 0 aliphatic rings. The largest absolute Gasteiger partial charge is 0.610 e. The van der Waals surface area contributed by atoms with Gasteiger partial charge in [0.1, 0.15) is 6.21 Å². The molecule has 0 heterocycles. The van der Waals surface area contributed by atoms with E-state index in [0.717, 1.165) is 12.8 Å². The van der Waals surface area contributed by atoms with E-state index < -0.39 is 0 Å². The molecule has 0 aromatic rings. The fourth-order valence-corrected chi connectivity index (χ4v) is 0.258. The third-order valence-electron chi connectivity index (χ3n) is 0.608. The van der Waals surface area contributed by atoms with Gasteiger partial charge in [-0.1, -0.05) is 6.92 Å². The van der Waals surface area contributed by atoms with E-state index in [2.05, 4.69) is 10.0 Å². The van der Waals surface area contributed by atoms with Crippen LogP contribution < -0.4 is 0 Å². The molecule has 0 aliphatic carbocycles. The Labute approximate surface area is 48.4 Å². The molecule has 0 fully saturated rings. The number of rotatable bonds is 2. The van der Waals surface area contributed by atoms with Crippen molar-refractivity contribution in [1.82, 2.24) is 0 Å². The van der Waals surface area contributed by atoms with Crippen LogP contribution in [0.15, 0.2) is 4.99 Å². The first-order valence-electron chi connectivity index (χ1n) is 2.50. The second-order valence-electron chi connectivity index (χ2n) is 1.29. The van der Waals surface area contributed by atoms with Crippen LogP contribution in [0.4, 0.5) is 0 Å². The van der Waals surface area contributed by atoms with Crippen molar-refractivity contribution in [2.24, 2.45) is 4.99 Å². The van der Waals surface area contributed by atoms with Crippen LogP contribution in [-0.4, -0.2) is 6.21 Å². The average Bonchev–Trinajstić information content (AvgIpc) is 1.81. The molecule has 0 rings (SSSR count). The maximum absolute atomic E-state index is 9.29. The molecule has 0 unspecified atom stereocenters. The van der Waals surface area contributed by atoms with E-state index in [4.69, 9.17) is 0 Å². The summed E-state index contributed by atoms with van der Waals surface area (Å²) in [5.41, 5.74) is 0. The molecule has 3 heteroatoms. The van der Waals surface area contributed by atoms with Crippen LogP contribution in [0.2, 0.25) is 0 Å². The monoisotopic (exact) mass is 112 g/mol. The molecule has 0 saturated carbocycles. The van der Waals surface area contributed by atoms with Crippen LogP contribution in [0.3, 0.4) is 0 Å². The van der Waals surface area contributed by atoms with Gasteiger partial charge in [-0.3, -0.25) is 0 Å². The van der Waals surface area contributed by atoms with Gasteiger partial charge in [0.2, 0.25) is 0 Å². The minimum Gasteiger partial charge on any atom is -0.610 e. The highest BCUT2D eigenvalue weighted by Gasteiger charge is 1.76. The summed E-state index contributed by atoms with van der Waals surface area (Å²) in [7, 11) is 0. The highest BCUT2D eigenvalue weighted by Crippen LogP contribution is 1.79. The molecular weight excluding hydrogens is 104 g/mol. The summed E-state index contributed by atoms with van der Waals surface area (Å²) in [5.74, 6) is 0. The Bertz CT molecular complexity index is 120. The number of hydrogen-bond acceptors (Lipinski definition) is 2. The minimum atomic E-state index is 0.878. The lowest BCUT2D eigenvalue weighted by atomic mass is 10.4. The molecule has 44 valence electrons. The first-order chi connectivity index (χ1) is 3.91. The summed E-state index contributed by atoms with van der Waals surface area (Å²) in [6.07, 6.45) is 5.44. The Morgan fingerprint density at radius 2 is 2.62 bits per heavy atom. The average molecular weight is 112 g/mol. The van der Waals surface area contributed by atoms with Crippen molar-refractivity contribution in [3.63, 3.8) is 0 Å². The van der Waals surface area contributed by atoms with Crippen LogP contribution >= 0.6 is 0 Å². The normalized spacial score (nSPS) is 8.62. The van der Waals surface area contributed by atoms with Gasteiger partial charge >= 0.3 is 6.19 Å². The zero-order valence-corrected chi connectivity index (χ0v) is 4.79. The SMILES string of the molecule is CCCC=NC#[N+][O-]. The second-order valence-corrected chi connectivity index (χ2v) is 1.29. The molecule has 3 nitrogen and oxygen atoms in total. The number of aliphatic imine (C=N–C) groups is 1. The van der Waals surface area contributed by atoms with E-state index in [0.29, 0.717) is 0 Å². The van der Waals surface area contributed by atoms with E-state index in [1.54, 1.807) is 6.21 Å². The van der Waals surface area contributed by atoms with Crippen molar-refractivity contribution in [2.75, 3.05) is 0 Å². The van der Waals surface area contributed by atoms with E-state index in [-0.39, 0.29) is 0 Å². The van der Waals surface area contributed by atoms with Crippen LogP contribution in [0.1, 0.15) is 19.8 Å². The van der Waals surface area contributed by atoms with Gasteiger partial charge in [0, 0.05) is 11.4 Å². The Kier molecular flexibility index (Phi) is 5.19. The third-order valence-corrected chi connectivity index (χ3v) is 0.608. The lowest BCUT2D eigenvalue weighted by molar-refractivity contribution is 1.01. The maximum Gasteiger partial charge on any atom is 0.433 e. The van der Waals surface area contributed by atoms with Gasteiger partial charge in [-0.25, -0.2) is 0 Å². The molecule has 0 saturated heterocycles. The van der Waals surface area contributed by atoms with E-state index >= 15 is 0 Å². The fraction of sp³-hybridized carbons (Fsp3) is 0.600. The maximum atomic E-state index is 9.29. The molecule has 0 aliphatic heterocycles. The molecular formula is C5H8N2O. The molecule has 0 N–H and O–H groups in total. The molecule has 8 heavy (non-hydrogen) atoms. The van der Waals surface area contributed by atoms with Crippen LogP contribution in [0, 0.1) is 11.4 Å². The summed E-state index contributed by atoms with van der Waals surface area (Å²) < 4.78 is 0. The summed E-state index contributed by atoms with van der Waals surface area (Å²) in [6, 6.07) is 0. The van der Waals surface area contributed by atoms with Gasteiger partial charge in [0.15, 0.2) is 0 Å². The van der Waals surface area contributed by atoms with Crippen LogP contribution in [0.5, 0.6) is 0 Å². The van der Waals surface area contributed by atoms with Gasteiger partial charge in [-0.05, 0) is 6.42 Å². The highest BCUT2D eigenvalue weighted by atomic mass is 16.4. The Morgan fingerprint density at radius 1 is 1.88 bits per heavy atom. The molecule has 0 aromatic carbocycles. The third kappa shape index (κ3) is 4.96. The fourth-order valence-electron chi connectivity index (χ4n) is 0.258. The molecule has 0 atom stereocenters. The van der Waals surface area contributed by atoms with Crippen molar-refractivity contribution in [1.29, 1.82) is 0 Å². The predicted molar refractivity (Wildman–Crippen MR) is 34.0 cm³/mol. The van der Waals surface area contributed by atoms with Gasteiger partial charge < -0.3 is 5.21 Å². The topological polar surface area (TPSA) is 39.8 Å². The lowest BCUT2D eigenvalue weighted by Crippen LogP contribution is -1.68. The minimum absolute atomic E-state index is 0.878.